The number of esters is 1. The summed E-state index contributed by atoms with van der Waals surface area (Å²) >= 11 is 6.13. The highest BCUT2D eigenvalue weighted by atomic mass is 35.5. The van der Waals surface area contributed by atoms with E-state index in [9.17, 15) is 4.79 Å². The largest absolute Gasteiger partial charge is 0.465 e. The molecule has 3 aromatic carbocycles. The minimum absolute atomic E-state index is 0.186. The van der Waals surface area contributed by atoms with E-state index in [2.05, 4.69) is 36.4 Å². The van der Waals surface area contributed by atoms with Crippen LogP contribution >= 0.6 is 11.6 Å². The lowest BCUT2D eigenvalue weighted by Gasteiger charge is -2.17. The maximum Gasteiger partial charge on any atom is 0.338 e. The molecule has 1 fully saturated rings. The van der Waals surface area contributed by atoms with Gasteiger partial charge in [0, 0.05) is 10.4 Å². The summed E-state index contributed by atoms with van der Waals surface area (Å²) in [7, 11) is 1.43. The molecule has 0 bridgehead atoms. The Kier molecular flexibility index (Phi) is 6.21. The summed E-state index contributed by atoms with van der Waals surface area (Å²) in [6.45, 7) is 0. The maximum atomic E-state index is 12.1. The zero-order chi connectivity index (χ0) is 23.5. The Morgan fingerprint density at radius 3 is 2.65 bits per heavy atom. The molecule has 5 rings (SSSR count). The van der Waals surface area contributed by atoms with Crippen LogP contribution in [0, 0.1) is 0 Å². The van der Waals surface area contributed by atoms with Crippen molar-refractivity contribution in [2.24, 2.45) is 0 Å². The molecule has 1 saturated carbocycles. The Balaban J connectivity index is 1.33. The lowest BCUT2D eigenvalue weighted by atomic mass is 9.87. The molecule has 0 unspecified atom stereocenters. The van der Waals surface area contributed by atoms with Crippen LogP contribution in [0.1, 0.15) is 52.0 Å². The molecular weight excluding hydrogens is 442 g/mol. The number of nitrogens with zero attached hydrogens (tertiary/aromatic N) is 1. The second-order valence-electron chi connectivity index (χ2n) is 8.96. The number of hydrogen-bond acceptors (Lipinski definition) is 3. The van der Waals surface area contributed by atoms with Crippen LogP contribution in [0.4, 0.5) is 0 Å². The first-order chi connectivity index (χ1) is 16.6. The van der Waals surface area contributed by atoms with Gasteiger partial charge >= 0.3 is 5.97 Å². The number of carbonyl (C=O) groups excluding carboxylic acids is 1. The highest BCUT2D eigenvalue weighted by molar-refractivity contribution is 6.31. The van der Waals surface area contributed by atoms with Gasteiger partial charge in [0.1, 0.15) is 0 Å². The van der Waals surface area contributed by atoms with Crippen LogP contribution in [0.25, 0.3) is 23.1 Å². The highest BCUT2D eigenvalue weighted by Crippen LogP contribution is 2.52. The number of aromatic nitrogens is 1. The van der Waals surface area contributed by atoms with Crippen LogP contribution in [0.5, 0.6) is 0 Å². The zero-order valence-electron chi connectivity index (χ0n) is 19.1. The molecule has 0 radical (unpaired) electrons. The average molecular weight is 468 g/mol. The third-order valence-corrected chi connectivity index (χ3v) is 7.01. The summed E-state index contributed by atoms with van der Waals surface area (Å²) in [4.78, 5) is 16.8. The summed E-state index contributed by atoms with van der Waals surface area (Å²) < 4.78 is 4.96. The van der Waals surface area contributed by atoms with Crippen LogP contribution in [-0.4, -0.2) is 18.1 Å². The van der Waals surface area contributed by atoms with Crippen molar-refractivity contribution < 1.29 is 9.53 Å². The number of pyridine rings is 1. The predicted molar refractivity (Wildman–Crippen MR) is 139 cm³/mol. The van der Waals surface area contributed by atoms with E-state index in [1.807, 2.05) is 54.6 Å². The zero-order valence-corrected chi connectivity index (χ0v) is 19.9. The molecule has 0 amide bonds. The van der Waals surface area contributed by atoms with Crippen molar-refractivity contribution in [3.8, 4) is 0 Å². The van der Waals surface area contributed by atoms with E-state index in [1.165, 1.54) is 25.5 Å². The molecule has 4 heteroatoms. The number of halogens is 1. The smallest absolute Gasteiger partial charge is 0.338 e. The average Bonchev–Trinajstić information content (AvgIpc) is 3.67. The lowest BCUT2D eigenvalue weighted by molar-refractivity contribution is 0.0599. The van der Waals surface area contributed by atoms with Crippen molar-refractivity contribution in [2.45, 2.75) is 31.1 Å². The Bertz CT molecular complexity index is 1390. The SMILES string of the molecule is COC(=O)c1ccccc1CCC1(c2cccc(/C=C/c3ccc4ccc(Cl)cc4n3)c2)CC1. The number of ether oxygens (including phenoxy) is 1. The molecular formula is C30H26ClNO2. The first kappa shape index (κ1) is 22.4. The number of carbonyl (C=O) groups is 1. The highest BCUT2D eigenvalue weighted by Gasteiger charge is 2.43. The van der Waals surface area contributed by atoms with Crippen molar-refractivity contribution in [2.75, 3.05) is 7.11 Å². The van der Waals surface area contributed by atoms with E-state index in [4.69, 9.17) is 21.3 Å². The van der Waals surface area contributed by atoms with E-state index < -0.39 is 0 Å². The summed E-state index contributed by atoms with van der Waals surface area (Å²) in [5, 5.41) is 1.77. The fourth-order valence-corrected chi connectivity index (χ4v) is 4.77. The number of hydrogen-bond donors (Lipinski definition) is 0. The third-order valence-electron chi connectivity index (χ3n) is 6.77. The van der Waals surface area contributed by atoms with Gasteiger partial charge in [-0.2, -0.15) is 0 Å². The van der Waals surface area contributed by atoms with Crippen LogP contribution in [0.2, 0.25) is 5.02 Å². The molecule has 170 valence electrons. The van der Waals surface area contributed by atoms with Gasteiger partial charge < -0.3 is 4.74 Å². The van der Waals surface area contributed by atoms with Gasteiger partial charge in [0.2, 0.25) is 0 Å². The fraction of sp³-hybridized carbons (Fsp3) is 0.200. The van der Waals surface area contributed by atoms with Crippen molar-refractivity contribution in [3.63, 3.8) is 0 Å². The van der Waals surface area contributed by atoms with Crippen molar-refractivity contribution in [1.82, 2.24) is 4.98 Å². The number of benzene rings is 3. The van der Waals surface area contributed by atoms with Crippen LogP contribution in [0.3, 0.4) is 0 Å². The van der Waals surface area contributed by atoms with Gasteiger partial charge in [-0.05, 0) is 78.1 Å². The van der Waals surface area contributed by atoms with Gasteiger partial charge in [-0.25, -0.2) is 9.78 Å². The molecule has 0 atom stereocenters. The topological polar surface area (TPSA) is 39.2 Å². The van der Waals surface area contributed by atoms with Crippen LogP contribution in [-0.2, 0) is 16.6 Å². The van der Waals surface area contributed by atoms with Gasteiger partial charge in [-0.3, -0.25) is 0 Å². The van der Waals surface area contributed by atoms with Gasteiger partial charge in [0.25, 0.3) is 0 Å². The molecule has 0 spiro atoms. The maximum absolute atomic E-state index is 12.1. The molecule has 1 aliphatic rings. The van der Waals surface area contributed by atoms with Crippen LogP contribution in [0.15, 0.2) is 78.9 Å². The number of methoxy groups -OCH3 is 1. The molecule has 1 aliphatic carbocycles. The summed E-state index contributed by atoms with van der Waals surface area (Å²) in [6, 6.07) is 26.4. The van der Waals surface area contributed by atoms with Gasteiger partial charge in [-0.15, -0.1) is 0 Å². The molecule has 0 N–H and O–H groups in total. The standard InChI is InChI=1S/C30H26ClNO2/c1-34-29(33)27-8-3-2-6-22(27)15-16-30(17-18-30)24-7-4-5-21(19-24)9-13-26-14-11-23-10-12-25(31)20-28(23)32-26/h2-14,19-20H,15-18H2,1H3/b13-9+. The second kappa shape index (κ2) is 9.44. The lowest BCUT2D eigenvalue weighted by Crippen LogP contribution is -2.11. The Morgan fingerprint density at radius 2 is 1.82 bits per heavy atom. The third kappa shape index (κ3) is 4.76. The van der Waals surface area contributed by atoms with E-state index in [-0.39, 0.29) is 11.4 Å². The van der Waals surface area contributed by atoms with Gasteiger partial charge in [0.15, 0.2) is 0 Å². The van der Waals surface area contributed by atoms with Crippen LogP contribution < -0.4 is 0 Å². The minimum Gasteiger partial charge on any atom is -0.465 e. The van der Waals surface area contributed by atoms with E-state index >= 15 is 0 Å². The van der Waals surface area contributed by atoms with E-state index in [0.717, 1.165) is 40.6 Å². The quantitative estimate of drug-likeness (QED) is 0.264. The molecule has 1 aromatic heterocycles. The van der Waals surface area contributed by atoms with Gasteiger partial charge in [-0.1, -0.05) is 72.3 Å². The predicted octanol–water partition coefficient (Wildman–Crippen LogP) is 7.51. The number of rotatable bonds is 7. The van der Waals surface area contributed by atoms with Crippen molar-refractivity contribution in [3.05, 3.63) is 112 Å². The van der Waals surface area contributed by atoms with E-state index in [1.54, 1.807) is 0 Å². The normalized spacial score (nSPS) is 14.4. The molecule has 4 aromatic rings. The first-order valence-corrected chi connectivity index (χ1v) is 12.0. The van der Waals surface area contributed by atoms with Crippen molar-refractivity contribution >= 4 is 40.6 Å². The first-order valence-electron chi connectivity index (χ1n) is 11.6. The fourth-order valence-electron chi connectivity index (χ4n) is 4.61. The minimum atomic E-state index is -0.267. The molecule has 3 nitrogen and oxygen atoms in total. The number of aryl methyl sites for hydroxylation is 1. The summed E-state index contributed by atoms with van der Waals surface area (Å²) in [5.74, 6) is -0.267. The Labute approximate surface area is 205 Å². The number of fused-ring (bicyclic) bond motifs is 1. The summed E-state index contributed by atoms with van der Waals surface area (Å²) in [6.07, 6.45) is 8.38. The molecule has 1 heterocycles. The van der Waals surface area contributed by atoms with Crippen molar-refractivity contribution in [1.29, 1.82) is 0 Å². The monoisotopic (exact) mass is 467 g/mol. The Morgan fingerprint density at radius 1 is 1.00 bits per heavy atom. The molecule has 34 heavy (non-hydrogen) atoms. The summed E-state index contributed by atoms with van der Waals surface area (Å²) in [5.41, 5.74) is 6.23. The Hall–Kier alpha value is -3.43. The van der Waals surface area contributed by atoms with E-state index in [0.29, 0.717) is 10.6 Å². The molecule has 0 aliphatic heterocycles. The van der Waals surface area contributed by atoms with Gasteiger partial charge in [0.05, 0.1) is 23.9 Å². The molecule has 0 saturated heterocycles. The second-order valence-corrected chi connectivity index (χ2v) is 9.40.